The summed E-state index contributed by atoms with van der Waals surface area (Å²) in [5.74, 6) is 1.62. The Hall–Kier alpha value is -0.530. The lowest BCUT2D eigenvalue weighted by Gasteiger charge is -2.31. The molecule has 1 aliphatic rings. The van der Waals surface area contributed by atoms with Crippen LogP contribution in [0.3, 0.4) is 0 Å². The Labute approximate surface area is 132 Å². The highest BCUT2D eigenvalue weighted by molar-refractivity contribution is 5.69. The van der Waals surface area contributed by atoms with E-state index in [4.69, 9.17) is 4.74 Å². The van der Waals surface area contributed by atoms with E-state index in [1.807, 2.05) is 0 Å². The average molecular weight is 296 g/mol. The third kappa shape index (κ3) is 8.48. The molecule has 1 saturated carbocycles. The Morgan fingerprint density at radius 3 is 2.10 bits per heavy atom. The average Bonchev–Trinajstić information content (AvgIpc) is 2.52. The van der Waals surface area contributed by atoms with Gasteiger partial charge in [-0.05, 0) is 18.3 Å². The third-order valence-electron chi connectivity index (χ3n) is 5.19. The Balaban J connectivity index is 2.13. The molecule has 1 aliphatic carbocycles. The molecule has 2 nitrogen and oxygen atoms in total. The van der Waals surface area contributed by atoms with E-state index < -0.39 is 0 Å². The zero-order valence-corrected chi connectivity index (χ0v) is 14.4. The predicted octanol–water partition coefficient (Wildman–Crippen LogP) is 5.89. The van der Waals surface area contributed by atoms with Gasteiger partial charge in [-0.25, -0.2) is 0 Å². The Bertz CT molecular complexity index is 262. The van der Waals surface area contributed by atoms with Crippen LogP contribution in [-0.2, 0) is 9.53 Å². The van der Waals surface area contributed by atoms with Crippen LogP contribution >= 0.6 is 0 Å². The van der Waals surface area contributed by atoms with Gasteiger partial charge in [-0.1, -0.05) is 84.0 Å². The molecule has 0 aliphatic heterocycles. The van der Waals surface area contributed by atoms with Crippen molar-refractivity contribution in [2.45, 2.75) is 96.8 Å². The molecule has 0 N–H and O–H groups in total. The smallest absolute Gasteiger partial charge is 0.305 e. The number of carbonyl (C=O) groups is 1. The van der Waals surface area contributed by atoms with E-state index in [1.165, 1.54) is 84.2 Å². The molecule has 2 heteroatoms. The predicted molar refractivity (Wildman–Crippen MR) is 89.3 cm³/mol. The molecule has 0 radical (unpaired) electrons. The summed E-state index contributed by atoms with van der Waals surface area (Å²) in [6.45, 7) is 2.28. The maximum atomic E-state index is 11.3. The summed E-state index contributed by atoms with van der Waals surface area (Å²) in [6.07, 6.45) is 18.3. The molecule has 1 fully saturated rings. The molecule has 2 atom stereocenters. The highest BCUT2D eigenvalue weighted by atomic mass is 16.5. The van der Waals surface area contributed by atoms with Gasteiger partial charge in [-0.2, -0.15) is 0 Å². The molecular weight excluding hydrogens is 260 g/mol. The molecule has 0 spiro atoms. The molecule has 0 aromatic carbocycles. The van der Waals surface area contributed by atoms with Crippen molar-refractivity contribution in [1.82, 2.24) is 0 Å². The maximum Gasteiger partial charge on any atom is 0.305 e. The van der Waals surface area contributed by atoms with Crippen molar-refractivity contribution in [2.75, 3.05) is 7.11 Å². The molecule has 0 saturated heterocycles. The van der Waals surface area contributed by atoms with Gasteiger partial charge in [0.2, 0.25) is 0 Å². The van der Waals surface area contributed by atoms with Crippen LogP contribution in [0.2, 0.25) is 0 Å². The van der Waals surface area contributed by atoms with Crippen LogP contribution in [0.25, 0.3) is 0 Å². The van der Waals surface area contributed by atoms with Crippen molar-refractivity contribution in [3.8, 4) is 0 Å². The Morgan fingerprint density at radius 2 is 1.48 bits per heavy atom. The summed E-state index contributed by atoms with van der Waals surface area (Å²) in [4.78, 5) is 11.3. The topological polar surface area (TPSA) is 26.3 Å². The van der Waals surface area contributed by atoms with Crippen LogP contribution < -0.4 is 0 Å². The number of hydrogen-bond donors (Lipinski definition) is 0. The first-order valence-electron chi connectivity index (χ1n) is 9.34. The third-order valence-corrected chi connectivity index (χ3v) is 5.19. The van der Waals surface area contributed by atoms with Crippen LogP contribution in [-0.4, -0.2) is 13.1 Å². The molecule has 0 unspecified atom stereocenters. The zero-order chi connectivity index (χ0) is 15.3. The minimum atomic E-state index is -0.0322. The standard InChI is InChI=1S/C19H36O2/c1-3-4-5-6-7-8-9-12-17-13-10-11-14-18(17)15-16-19(20)21-2/h17-18H,3-16H2,1-2H3/t17-,18-/m0/s1. The molecule has 1 rings (SSSR count). The highest BCUT2D eigenvalue weighted by Gasteiger charge is 2.25. The minimum Gasteiger partial charge on any atom is -0.469 e. The van der Waals surface area contributed by atoms with Crippen LogP contribution in [0.5, 0.6) is 0 Å². The maximum absolute atomic E-state index is 11.3. The van der Waals surface area contributed by atoms with Crippen molar-refractivity contribution < 1.29 is 9.53 Å². The molecule has 0 bridgehead atoms. The number of ether oxygens (including phenoxy) is 1. The highest BCUT2D eigenvalue weighted by Crippen LogP contribution is 2.36. The van der Waals surface area contributed by atoms with Gasteiger partial charge < -0.3 is 4.74 Å². The van der Waals surface area contributed by atoms with Crippen molar-refractivity contribution in [3.05, 3.63) is 0 Å². The molecule has 124 valence electrons. The molecule has 0 aromatic heterocycles. The number of rotatable bonds is 11. The van der Waals surface area contributed by atoms with Gasteiger partial charge in [0.05, 0.1) is 7.11 Å². The lowest BCUT2D eigenvalue weighted by molar-refractivity contribution is -0.141. The van der Waals surface area contributed by atoms with Gasteiger partial charge >= 0.3 is 5.97 Å². The number of unbranched alkanes of at least 4 members (excludes halogenated alkanes) is 6. The van der Waals surface area contributed by atoms with Crippen LogP contribution in [0.4, 0.5) is 0 Å². The van der Waals surface area contributed by atoms with Crippen LogP contribution in [0.1, 0.15) is 96.8 Å². The summed E-state index contributed by atoms with van der Waals surface area (Å²) in [7, 11) is 1.50. The summed E-state index contributed by atoms with van der Waals surface area (Å²) in [5.41, 5.74) is 0. The second-order valence-corrected chi connectivity index (χ2v) is 6.83. The lowest BCUT2D eigenvalue weighted by Crippen LogP contribution is -2.20. The van der Waals surface area contributed by atoms with Crippen molar-refractivity contribution in [2.24, 2.45) is 11.8 Å². The van der Waals surface area contributed by atoms with Gasteiger partial charge in [-0.3, -0.25) is 4.79 Å². The molecule has 0 amide bonds. The van der Waals surface area contributed by atoms with Crippen molar-refractivity contribution in [1.29, 1.82) is 0 Å². The Morgan fingerprint density at radius 1 is 0.905 bits per heavy atom. The molecule has 0 heterocycles. The summed E-state index contributed by atoms with van der Waals surface area (Å²) >= 11 is 0. The van der Waals surface area contributed by atoms with Gasteiger partial charge in [0.1, 0.15) is 0 Å². The van der Waals surface area contributed by atoms with E-state index >= 15 is 0 Å². The van der Waals surface area contributed by atoms with Gasteiger partial charge in [0.15, 0.2) is 0 Å². The summed E-state index contributed by atoms with van der Waals surface area (Å²) in [6, 6.07) is 0. The SMILES string of the molecule is CCCCCCCCC[C@H]1CCCC[C@H]1CCC(=O)OC. The monoisotopic (exact) mass is 296 g/mol. The number of methoxy groups -OCH3 is 1. The van der Waals surface area contributed by atoms with E-state index in [0.717, 1.165) is 18.3 Å². The molecular formula is C19H36O2. The van der Waals surface area contributed by atoms with Crippen molar-refractivity contribution >= 4 is 5.97 Å². The van der Waals surface area contributed by atoms with Gasteiger partial charge in [0, 0.05) is 6.42 Å². The number of hydrogen-bond acceptors (Lipinski definition) is 2. The van der Waals surface area contributed by atoms with E-state index in [0.29, 0.717) is 6.42 Å². The zero-order valence-electron chi connectivity index (χ0n) is 14.4. The summed E-state index contributed by atoms with van der Waals surface area (Å²) in [5, 5.41) is 0. The second-order valence-electron chi connectivity index (χ2n) is 6.83. The van der Waals surface area contributed by atoms with E-state index in [1.54, 1.807) is 0 Å². The summed E-state index contributed by atoms with van der Waals surface area (Å²) < 4.78 is 4.78. The fourth-order valence-electron chi connectivity index (χ4n) is 3.81. The number of carbonyl (C=O) groups excluding carboxylic acids is 1. The van der Waals surface area contributed by atoms with Gasteiger partial charge in [0.25, 0.3) is 0 Å². The fourth-order valence-corrected chi connectivity index (χ4v) is 3.81. The quantitative estimate of drug-likeness (QED) is 0.351. The number of esters is 1. The van der Waals surface area contributed by atoms with Crippen molar-refractivity contribution in [3.63, 3.8) is 0 Å². The molecule has 0 aromatic rings. The largest absolute Gasteiger partial charge is 0.469 e. The van der Waals surface area contributed by atoms with Gasteiger partial charge in [-0.15, -0.1) is 0 Å². The normalized spacial score (nSPS) is 22.2. The first kappa shape index (κ1) is 18.5. The van der Waals surface area contributed by atoms with E-state index in [2.05, 4.69) is 6.92 Å². The molecule has 21 heavy (non-hydrogen) atoms. The Kier molecular flexibility index (Phi) is 10.6. The van der Waals surface area contributed by atoms with E-state index in [-0.39, 0.29) is 5.97 Å². The lowest BCUT2D eigenvalue weighted by atomic mass is 9.74. The first-order valence-corrected chi connectivity index (χ1v) is 9.34. The van der Waals surface area contributed by atoms with Crippen LogP contribution in [0, 0.1) is 11.8 Å². The fraction of sp³-hybridized carbons (Fsp3) is 0.947. The van der Waals surface area contributed by atoms with Crippen LogP contribution in [0.15, 0.2) is 0 Å². The second kappa shape index (κ2) is 12.1. The minimum absolute atomic E-state index is 0.0322. The first-order chi connectivity index (χ1) is 10.3. The van der Waals surface area contributed by atoms with E-state index in [9.17, 15) is 4.79 Å².